The summed E-state index contributed by atoms with van der Waals surface area (Å²) >= 11 is 0. The minimum Gasteiger partial charge on any atom is -0.497 e. The fourth-order valence-corrected chi connectivity index (χ4v) is 3.19. The highest BCUT2D eigenvalue weighted by Gasteiger charge is 2.33. The van der Waals surface area contributed by atoms with E-state index in [1.807, 2.05) is 59.5 Å². The van der Waals surface area contributed by atoms with Crippen molar-refractivity contribution in [1.29, 1.82) is 0 Å². The van der Waals surface area contributed by atoms with Crippen molar-refractivity contribution in [2.24, 2.45) is 5.73 Å². The molecule has 0 spiro atoms. The van der Waals surface area contributed by atoms with Gasteiger partial charge < -0.3 is 20.1 Å². The van der Waals surface area contributed by atoms with E-state index in [0.29, 0.717) is 26.1 Å². The Morgan fingerprint density at radius 3 is 2.64 bits per heavy atom. The highest BCUT2D eigenvalue weighted by Crippen LogP contribution is 2.29. The molecule has 5 heteroatoms. The Hall–Kier alpha value is -2.53. The van der Waals surface area contributed by atoms with Crippen molar-refractivity contribution in [3.8, 4) is 11.5 Å². The lowest BCUT2D eigenvalue weighted by Crippen LogP contribution is -2.32. The number of nitrogens with zero attached hydrogens (tertiary/aromatic N) is 1. The molecular formula is C20H24N2O3. The first kappa shape index (κ1) is 17.3. The number of carbonyl (C=O) groups excluding carboxylic acids is 1. The molecule has 132 valence electrons. The van der Waals surface area contributed by atoms with Gasteiger partial charge in [0.25, 0.3) is 0 Å². The van der Waals surface area contributed by atoms with Crippen LogP contribution in [0.4, 0.5) is 0 Å². The van der Waals surface area contributed by atoms with Crippen LogP contribution in [0.25, 0.3) is 0 Å². The van der Waals surface area contributed by atoms with E-state index in [0.717, 1.165) is 17.1 Å². The van der Waals surface area contributed by atoms with Gasteiger partial charge in [-0.1, -0.05) is 30.3 Å². The van der Waals surface area contributed by atoms with Crippen LogP contribution in [-0.2, 0) is 4.79 Å². The van der Waals surface area contributed by atoms with Gasteiger partial charge in [-0.15, -0.1) is 0 Å². The van der Waals surface area contributed by atoms with E-state index in [1.165, 1.54) is 0 Å². The number of benzene rings is 2. The fourth-order valence-electron chi connectivity index (χ4n) is 3.19. The molecule has 2 aromatic rings. The number of carbonyl (C=O) groups is 1. The quantitative estimate of drug-likeness (QED) is 0.877. The molecule has 1 aliphatic heterocycles. The lowest BCUT2D eigenvalue weighted by Gasteiger charge is -2.17. The van der Waals surface area contributed by atoms with Gasteiger partial charge in [0.15, 0.2) is 0 Å². The molecule has 1 saturated heterocycles. The van der Waals surface area contributed by atoms with Crippen LogP contribution < -0.4 is 15.2 Å². The Bertz CT molecular complexity index is 705. The van der Waals surface area contributed by atoms with Crippen LogP contribution in [0.3, 0.4) is 0 Å². The van der Waals surface area contributed by atoms with E-state index in [9.17, 15) is 4.79 Å². The number of methoxy groups -OCH3 is 1. The second-order valence-corrected chi connectivity index (χ2v) is 6.26. The summed E-state index contributed by atoms with van der Waals surface area (Å²) in [5, 5.41) is 0. The third-order valence-corrected chi connectivity index (χ3v) is 4.57. The first-order valence-corrected chi connectivity index (χ1v) is 8.52. The number of likely N-dealkylation sites (tertiary alicyclic amines) is 1. The molecule has 2 aromatic carbocycles. The molecule has 1 amide bonds. The minimum atomic E-state index is -0.0638. The zero-order valence-corrected chi connectivity index (χ0v) is 14.4. The second kappa shape index (κ2) is 8.03. The highest BCUT2D eigenvalue weighted by molar-refractivity contribution is 5.77. The van der Waals surface area contributed by atoms with Gasteiger partial charge in [-0.25, -0.2) is 0 Å². The average molecular weight is 340 g/mol. The number of hydrogen-bond acceptors (Lipinski definition) is 4. The molecule has 0 aromatic heterocycles. The van der Waals surface area contributed by atoms with E-state index >= 15 is 0 Å². The third kappa shape index (κ3) is 4.31. The first-order chi connectivity index (χ1) is 12.2. The molecule has 0 aliphatic carbocycles. The van der Waals surface area contributed by atoms with Crippen molar-refractivity contribution in [1.82, 2.24) is 4.90 Å². The lowest BCUT2D eigenvalue weighted by molar-refractivity contribution is -0.130. The number of rotatable bonds is 6. The zero-order chi connectivity index (χ0) is 17.6. The van der Waals surface area contributed by atoms with Crippen LogP contribution in [-0.4, -0.2) is 43.7 Å². The zero-order valence-electron chi connectivity index (χ0n) is 14.4. The average Bonchev–Trinajstić information content (AvgIpc) is 3.04. The molecular weight excluding hydrogens is 316 g/mol. The molecule has 0 bridgehead atoms. The van der Waals surface area contributed by atoms with Crippen molar-refractivity contribution < 1.29 is 14.3 Å². The normalized spacial score (nSPS) is 19.7. The van der Waals surface area contributed by atoms with Crippen LogP contribution >= 0.6 is 0 Å². The fraction of sp³-hybridized carbons (Fsp3) is 0.350. The summed E-state index contributed by atoms with van der Waals surface area (Å²) < 4.78 is 10.9. The van der Waals surface area contributed by atoms with E-state index < -0.39 is 0 Å². The van der Waals surface area contributed by atoms with Crippen molar-refractivity contribution in [2.45, 2.75) is 18.4 Å². The molecule has 0 radical (unpaired) electrons. The molecule has 25 heavy (non-hydrogen) atoms. The Morgan fingerprint density at radius 1 is 1.12 bits per heavy atom. The maximum absolute atomic E-state index is 12.4. The summed E-state index contributed by atoms with van der Waals surface area (Å²) in [7, 11) is 1.65. The number of amides is 1. The van der Waals surface area contributed by atoms with Crippen molar-refractivity contribution in [3.05, 3.63) is 60.2 Å². The molecule has 3 rings (SSSR count). The molecule has 2 N–H and O–H groups in total. The lowest BCUT2D eigenvalue weighted by atomic mass is 9.95. The van der Waals surface area contributed by atoms with Crippen LogP contribution in [0.1, 0.15) is 17.9 Å². The maximum Gasteiger partial charge on any atom is 0.226 e. The van der Waals surface area contributed by atoms with Gasteiger partial charge in [-0.05, 0) is 29.8 Å². The first-order valence-electron chi connectivity index (χ1n) is 8.52. The summed E-state index contributed by atoms with van der Waals surface area (Å²) in [6.07, 6.45) is 0.354. The molecule has 0 saturated carbocycles. The Kier molecular flexibility index (Phi) is 5.56. The largest absolute Gasteiger partial charge is 0.497 e. The van der Waals surface area contributed by atoms with Gasteiger partial charge >= 0.3 is 0 Å². The summed E-state index contributed by atoms with van der Waals surface area (Å²) in [4.78, 5) is 14.3. The number of ether oxygens (including phenoxy) is 2. The molecule has 1 fully saturated rings. The van der Waals surface area contributed by atoms with Crippen molar-refractivity contribution in [3.63, 3.8) is 0 Å². The predicted octanol–water partition coefficient (Wildman–Crippen LogP) is 2.42. The molecule has 2 atom stereocenters. The van der Waals surface area contributed by atoms with Gasteiger partial charge in [-0.3, -0.25) is 4.79 Å². The summed E-state index contributed by atoms with van der Waals surface area (Å²) in [5.74, 6) is 1.80. The van der Waals surface area contributed by atoms with E-state index in [4.69, 9.17) is 15.2 Å². The molecule has 1 heterocycles. The van der Waals surface area contributed by atoms with Gasteiger partial charge in [-0.2, -0.15) is 0 Å². The molecule has 5 nitrogen and oxygen atoms in total. The molecule has 0 unspecified atom stereocenters. The minimum absolute atomic E-state index is 0.0638. The van der Waals surface area contributed by atoms with E-state index in [1.54, 1.807) is 7.11 Å². The summed E-state index contributed by atoms with van der Waals surface area (Å²) in [6, 6.07) is 17.4. The Labute approximate surface area is 148 Å². The number of nitrogens with two attached hydrogens (primary N) is 1. The van der Waals surface area contributed by atoms with Gasteiger partial charge in [0.1, 0.15) is 11.5 Å². The maximum atomic E-state index is 12.4. The van der Waals surface area contributed by atoms with E-state index in [2.05, 4.69) is 0 Å². The van der Waals surface area contributed by atoms with Crippen LogP contribution in [0, 0.1) is 0 Å². The smallest absolute Gasteiger partial charge is 0.226 e. The third-order valence-electron chi connectivity index (χ3n) is 4.57. The second-order valence-electron chi connectivity index (χ2n) is 6.26. The van der Waals surface area contributed by atoms with Gasteiger partial charge in [0.2, 0.25) is 5.91 Å². The van der Waals surface area contributed by atoms with Gasteiger partial charge in [0.05, 0.1) is 20.1 Å². The van der Waals surface area contributed by atoms with Crippen LogP contribution in [0.2, 0.25) is 0 Å². The predicted molar refractivity (Wildman–Crippen MR) is 96.8 cm³/mol. The van der Waals surface area contributed by atoms with Gasteiger partial charge in [0, 0.05) is 25.0 Å². The monoisotopic (exact) mass is 340 g/mol. The highest BCUT2D eigenvalue weighted by atomic mass is 16.5. The van der Waals surface area contributed by atoms with Crippen LogP contribution in [0.5, 0.6) is 11.5 Å². The number of para-hydroxylation sites is 1. The van der Waals surface area contributed by atoms with Crippen molar-refractivity contribution >= 4 is 5.91 Å². The van der Waals surface area contributed by atoms with E-state index in [-0.39, 0.29) is 17.9 Å². The topological polar surface area (TPSA) is 64.8 Å². The SMILES string of the molecule is COc1cccc([C@@H]2CN(C(=O)CCOc3ccccc3)C[C@H]2N)c1. The Morgan fingerprint density at radius 2 is 1.88 bits per heavy atom. The molecule has 1 aliphatic rings. The van der Waals surface area contributed by atoms with Crippen LogP contribution in [0.15, 0.2) is 54.6 Å². The standard InChI is InChI=1S/C20H24N2O3/c1-24-17-9-5-6-15(12-17)18-13-22(14-19(18)21)20(23)10-11-25-16-7-3-2-4-8-16/h2-9,12,18-19H,10-11,13-14,21H2,1H3/t18-,19+/m0/s1. The summed E-state index contributed by atoms with van der Waals surface area (Å²) in [6.45, 7) is 1.59. The number of hydrogen-bond donors (Lipinski definition) is 1. The summed E-state index contributed by atoms with van der Waals surface area (Å²) in [5.41, 5.74) is 7.40. The van der Waals surface area contributed by atoms with Crippen molar-refractivity contribution in [2.75, 3.05) is 26.8 Å². The Balaban J connectivity index is 1.54.